The number of imidazole rings is 1. The van der Waals surface area contributed by atoms with Crippen LogP contribution in [0.4, 0.5) is 0 Å². The highest BCUT2D eigenvalue weighted by Gasteiger charge is 2.24. The molecule has 0 saturated heterocycles. The zero-order valence-electron chi connectivity index (χ0n) is 24.4. The third kappa shape index (κ3) is 4.21. The Morgan fingerprint density at radius 2 is 0.933 bits per heavy atom. The molecule has 0 fully saturated rings. The molecule has 1 aliphatic heterocycles. The Bertz CT molecular complexity index is 2370. The molecule has 3 heterocycles. The topological polar surface area (TPSA) is 30.7 Å². The molecule has 0 spiro atoms. The quantitative estimate of drug-likeness (QED) is 0.210. The van der Waals surface area contributed by atoms with Crippen molar-refractivity contribution >= 4 is 11.0 Å². The predicted octanol–water partition coefficient (Wildman–Crippen LogP) is 10.7. The Hall–Kier alpha value is -6.06. The second-order valence-electron chi connectivity index (χ2n) is 11.4. The average molecular weight is 574 g/mol. The van der Waals surface area contributed by atoms with Crippen LogP contribution in [0.15, 0.2) is 164 Å². The molecule has 0 saturated carbocycles. The molecule has 3 heteroatoms. The van der Waals surface area contributed by atoms with Gasteiger partial charge in [-0.25, -0.2) is 9.97 Å². The number of nitrogens with zero attached hydrogens (tertiary/aromatic N) is 3. The molecule has 0 bridgehead atoms. The summed E-state index contributed by atoms with van der Waals surface area (Å²) in [5.74, 6) is 0.944. The zero-order chi connectivity index (χ0) is 29.7. The van der Waals surface area contributed by atoms with Crippen LogP contribution in [-0.2, 0) is 0 Å². The van der Waals surface area contributed by atoms with Crippen molar-refractivity contribution in [2.75, 3.05) is 0 Å². The summed E-state index contributed by atoms with van der Waals surface area (Å²) in [6.45, 7) is 0. The lowest BCUT2D eigenvalue weighted by Gasteiger charge is -2.13. The number of aromatic nitrogens is 3. The largest absolute Gasteiger partial charge is 0.291 e. The van der Waals surface area contributed by atoms with Gasteiger partial charge in [0, 0.05) is 27.8 Å². The maximum Gasteiger partial charge on any atom is 0.145 e. The minimum atomic E-state index is 0.944. The summed E-state index contributed by atoms with van der Waals surface area (Å²) in [6.07, 6.45) is 0. The fraction of sp³-hybridized carbons (Fsp3) is 0. The zero-order valence-corrected chi connectivity index (χ0v) is 24.4. The number of hydrogen-bond donors (Lipinski definition) is 0. The summed E-state index contributed by atoms with van der Waals surface area (Å²) in [4.78, 5) is 10.2. The average Bonchev–Trinajstić information content (AvgIpc) is 3.46. The van der Waals surface area contributed by atoms with Gasteiger partial charge in [-0.05, 0) is 52.6 Å². The van der Waals surface area contributed by atoms with Crippen molar-refractivity contribution in [3.05, 3.63) is 164 Å². The van der Waals surface area contributed by atoms with Crippen molar-refractivity contribution in [3.8, 4) is 73.0 Å². The van der Waals surface area contributed by atoms with Gasteiger partial charge in [0.25, 0.3) is 0 Å². The van der Waals surface area contributed by atoms with E-state index in [0.717, 1.165) is 61.8 Å². The fourth-order valence-electron chi connectivity index (χ4n) is 6.66. The maximum atomic E-state index is 5.21. The normalized spacial score (nSPS) is 11.6. The molecule has 0 aliphatic carbocycles. The van der Waals surface area contributed by atoms with E-state index in [0.29, 0.717) is 0 Å². The molecule has 3 nitrogen and oxygen atoms in total. The summed E-state index contributed by atoms with van der Waals surface area (Å²) < 4.78 is 2.35. The third-order valence-electron chi connectivity index (χ3n) is 8.78. The number of para-hydroxylation sites is 2. The van der Waals surface area contributed by atoms with Gasteiger partial charge in [0.05, 0.1) is 28.1 Å². The lowest BCUT2D eigenvalue weighted by atomic mass is 9.94. The van der Waals surface area contributed by atoms with Crippen LogP contribution in [0, 0.1) is 0 Å². The van der Waals surface area contributed by atoms with Gasteiger partial charge in [-0.3, -0.25) is 4.57 Å². The molecular weight excluding hydrogens is 546 g/mol. The van der Waals surface area contributed by atoms with Crippen LogP contribution < -0.4 is 0 Å². The molecule has 210 valence electrons. The summed E-state index contributed by atoms with van der Waals surface area (Å²) in [5, 5.41) is 0. The fourth-order valence-corrected chi connectivity index (χ4v) is 6.66. The Labute approximate surface area is 261 Å². The number of rotatable bonds is 4. The molecule has 0 unspecified atom stereocenters. The van der Waals surface area contributed by atoms with Crippen molar-refractivity contribution in [1.82, 2.24) is 14.5 Å². The monoisotopic (exact) mass is 573 g/mol. The van der Waals surface area contributed by atoms with Crippen molar-refractivity contribution in [2.24, 2.45) is 0 Å². The van der Waals surface area contributed by atoms with E-state index in [1.54, 1.807) is 0 Å². The molecule has 2 aromatic heterocycles. The van der Waals surface area contributed by atoms with E-state index < -0.39 is 0 Å². The molecule has 0 radical (unpaired) electrons. The summed E-state index contributed by atoms with van der Waals surface area (Å²) >= 11 is 0. The van der Waals surface area contributed by atoms with Crippen LogP contribution in [0.1, 0.15) is 0 Å². The van der Waals surface area contributed by atoms with Gasteiger partial charge in [0.1, 0.15) is 5.82 Å². The van der Waals surface area contributed by atoms with Crippen LogP contribution >= 0.6 is 0 Å². The van der Waals surface area contributed by atoms with Gasteiger partial charge in [-0.1, -0.05) is 133 Å². The number of benzene rings is 6. The Kier molecular flexibility index (Phi) is 5.82. The van der Waals surface area contributed by atoms with Gasteiger partial charge in [-0.2, -0.15) is 0 Å². The second kappa shape index (κ2) is 10.3. The first kappa shape index (κ1) is 25.4. The Morgan fingerprint density at radius 3 is 1.76 bits per heavy atom. The van der Waals surface area contributed by atoms with Crippen LogP contribution in [0.2, 0.25) is 0 Å². The Balaban J connectivity index is 1.13. The molecular formula is C42H27N3. The lowest BCUT2D eigenvalue weighted by Crippen LogP contribution is -1.99. The van der Waals surface area contributed by atoms with E-state index in [1.165, 1.54) is 22.3 Å². The van der Waals surface area contributed by atoms with Gasteiger partial charge in [-0.15, -0.1) is 0 Å². The molecule has 0 amide bonds. The first-order valence-corrected chi connectivity index (χ1v) is 15.3. The van der Waals surface area contributed by atoms with E-state index >= 15 is 0 Å². The van der Waals surface area contributed by atoms with E-state index in [2.05, 4.69) is 150 Å². The third-order valence-corrected chi connectivity index (χ3v) is 8.78. The van der Waals surface area contributed by atoms with E-state index in [-0.39, 0.29) is 0 Å². The van der Waals surface area contributed by atoms with Crippen molar-refractivity contribution in [2.45, 2.75) is 0 Å². The summed E-state index contributed by atoms with van der Waals surface area (Å²) in [5.41, 5.74) is 15.7. The van der Waals surface area contributed by atoms with Gasteiger partial charge >= 0.3 is 0 Å². The first-order chi connectivity index (χ1) is 22.3. The van der Waals surface area contributed by atoms with Crippen molar-refractivity contribution in [3.63, 3.8) is 0 Å². The van der Waals surface area contributed by atoms with Crippen molar-refractivity contribution in [1.29, 1.82) is 0 Å². The predicted molar refractivity (Wildman–Crippen MR) is 185 cm³/mol. The lowest BCUT2D eigenvalue weighted by molar-refractivity contribution is 1.11. The molecule has 1 aliphatic rings. The van der Waals surface area contributed by atoms with Crippen LogP contribution in [0.5, 0.6) is 0 Å². The first-order valence-electron chi connectivity index (χ1n) is 15.3. The highest BCUT2D eigenvalue weighted by atomic mass is 15.1. The highest BCUT2D eigenvalue weighted by Crippen LogP contribution is 2.45. The van der Waals surface area contributed by atoms with Gasteiger partial charge < -0.3 is 0 Å². The van der Waals surface area contributed by atoms with Crippen LogP contribution in [-0.4, -0.2) is 14.5 Å². The van der Waals surface area contributed by atoms with Crippen molar-refractivity contribution < 1.29 is 0 Å². The second-order valence-corrected chi connectivity index (χ2v) is 11.4. The minimum absolute atomic E-state index is 0.944. The molecule has 6 aromatic carbocycles. The van der Waals surface area contributed by atoms with Gasteiger partial charge in [0.2, 0.25) is 0 Å². The summed E-state index contributed by atoms with van der Waals surface area (Å²) in [6, 6.07) is 57.8. The van der Waals surface area contributed by atoms with Crippen LogP contribution in [0.25, 0.3) is 84.0 Å². The minimum Gasteiger partial charge on any atom is -0.291 e. The van der Waals surface area contributed by atoms with E-state index in [9.17, 15) is 0 Å². The molecule has 45 heavy (non-hydrogen) atoms. The smallest absolute Gasteiger partial charge is 0.145 e. The highest BCUT2D eigenvalue weighted by molar-refractivity contribution is 6.03. The standard InChI is InChI=1S/C42H27N3/c1-2-11-29(12-3-1)37-19-10-20-38(43-37)32-14-8-13-31(27-32)28-23-25-30(26-24-28)42-44-39-21-9-18-36-34-16-5-4-15-33(34)35-17-6-7-22-40(35)45(42)41(36)39/h1-27H. The number of fused-ring (bicyclic) bond motifs is 5. The number of hydrogen-bond acceptors (Lipinski definition) is 2. The van der Waals surface area contributed by atoms with Gasteiger partial charge in [0.15, 0.2) is 0 Å². The SMILES string of the molecule is c1ccc(-c2cccc(-c3cccc(-c4ccc(-c5nc6cccc7c6n5-c5ccccc5-c5ccccc5-7)cc4)c3)n2)cc1. The van der Waals surface area contributed by atoms with Crippen LogP contribution in [0.3, 0.4) is 0 Å². The molecule has 0 atom stereocenters. The number of pyridine rings is 1. The van der Waals surface area contributed by atoms with E-state index in [1.807, 2.05) is 18.2 Å². The molecule has 0 N–H and O–H groups in total. The van der Waals surface area contributed by atoms with E-state index in [4.69, 9.17) is 9.97 Å². The Morgan fingerprint density at radius 1 is 0.356 bits per heavy atom. The molecule has 9 rings (SSSR count). The molecule has 8 aromatic rings. The maximum absolute atomic E-state index is 5.21. The summed E-state index contributed by atoms with van der Waals surface area (Å²) in [7, 11) is 0.